The number of benzene rings is 1. The van der Waals surface area contributed by atoms with Gasteiger partial charge in [-0.15, -0.1) is 0 Å². The zero-order valence-electron chi connectivity index (χ0n) is 11.6. The highest BCUT2D eigenvalue weighted by Gasteiger charge is 2.29. The number of carboxylic acids is 1. The van der Waals surface area contributed by atoms with Gasteiger partial charge in [-0.05, 0) is 31.9 Å². The molecular weight excluding hydrogens is 279 g/mol. The number of carboxylic acid groups (broad SMARTS) is 1. The Labute approximate surface area is 121 Å². The molecule has 1 aromatic carbocycles. The number of hydrogen-bond acceptors (Lipinski definition) is 3. The van der Waals surface area contributed by atoms with E-state index < -0.39 is 23.4 Å². The molecular formula is C14H17FN2O4. The summed E-state index contributed by atoms with van der Waals surface area (Å²) in [4.78, 5) is 23.0. The number of aromatic carboxylic acids is 1. The molecule has 21 heavy (non-hydrogen) atoms. The minimum Gasteiger partial charge on any atom is -0.478 e. The van der Waals surface area contributed by atoms with Gasteiger partial charge in [0.1, 0.15) is 5.82 Å². The lowest BCUT2D eigenvalue weighted by atomic mass is 9.93. The van der Waals surface area contributed by atoms with E-state index in [0.29, 0.717) is 26.1 Å². The van der Waals surface area contributed by atoms with E-state index in [2.05, 4.69) is 10.6 Å². The third-order valence-electron chi connectivity index (χ3n) is 3.49. The molecule has 0 aromatic heterocycles. The van der Waals surface area contributed by atoms with Crippen molar-refractivity contribution in [3.05, 3.63) is 29.6 Å². The highest BCUT2D eigenvalue weighted by Crippen LogP contribution is 2.22. The lowest BCUT2D eigenvalue weighted by molar-refractivity contribution is 0.0499. The van der Waals surface area contributed by atoms with Crippen LogP contribution in [0.15, 0.2) is 18.2 Å². The first kappa shape index (κ1) is 15.2. The zero-order valence-corrected chi connectivity index (χ0v) is 11.6. The summed E-state index contributed by atoms with van der Waals surface area (Å²) in [6, 6.07) is 2.98. The van der Waals surface area contributed by atoms with Crippen LogP contribution in [-0.2, 0) is 4.74 Å². The summed E-state index contributed by atoms with van der Waals surface area (Å²) in [5.41, 5.74) is -1.07. The van der Waals surface area contributed by atoms with Gasteiger partial charge < -0.3 is 20.5 Å². The lowest BCUT2D eigenvalue weighted by Gasteiger charge is -2.34. The molecule has 1 heterocycles. The Morgan fingerprint density at radius 2 is 2.00 bits per heavy atom. The number of para-hydroxylation sites is 1. The fourth-order valence-corrected chi connectivity index (χ4v) is 2.20. The van der Waals surface area contributed by atoms with Gasteiger partial charge >= 0.3 is 12.0 Å². The van der Waals surface area contributed by atoms with Crippen LogP contribution < -0.4 is 10.6 Å². The summed E-state index contributed by atoms with van der Waals surface area (Å²) in [5, 5.41) is 14.1. The first-order valence-corrected chi connectivity index (χ1v) is 6.60. The zero-order chi connectivity index (χ0) is 15.5. The van der Waals surface area contributed by atoms with Gasteiger partial charge in [0.2, 0.25) is 0 Å². The first-order chi connectivity index (χ1) is 9.91. The van der Waals surface area contributed by atoms with Gasteiger partial charge in [-0.2, -0.15) is 0 Å². The predicted molar refractivity (Wildman–Crippen MR) is 74.0 cm³/mol. The van der Waals surface area contributed by atoms with Crippen molar-refractivity contribution in [2.45, 2.75) is 25.3 Å². The lowest BCUT2D eigenvalue weighted by Crippen LogP contribution is -2.51. The SMILES string of the molecule is CC1(NC(=O)Nc2c(F)cccc2C(=O)O)CCOCC1. The van der Waals surface area contributed by atoms with Gasteiger partial charge in [-0.1, -0.05) is 6.07 Å². The van der Waals surface area contributed by atoms with E-state index in [-0.39, 0.29) is 11.3 Å². The second kappa shape index (κ2) is 6.09. The molecule has 2 rings (SSSR count). The summed E-state index contributed by atoms with van der Waals surface area (Å²) in [6.45, 7) is 2.95. The summed E-state index contributed by atoms with van der Waals surface area (Å²) in [7, 11) is 0. The predicted octanol–water partition coefficient (Wildman–Crippen LogP) is 2.21. The quantitative estimate of drug-likeness (QED) is 0.798. The Bertz CT molecular complexity index is 556. The van der Waals surface area contributed by atoms with Crippen molar-refractivity contribution >= 4 is 17.7 Å². The molecule has 1 saturated heterocycles. The fourth-order valence-electron chi connectivity index (χ4n) is 2.20. The minimum absolute atomic E-state index is 0.290. The standard InChI is InChI=1S/C14H17FN2O4/c1-14(5-7-21-8-6-14)17-13(20)16-11-9(12(18)19)3-2-4-10(11)15/h2-4H,5-8H2,1H3,(H,18,19)(H2,16,17,20). The van der Waals surface area contributed by atoms with Gasteiger partial charge in [0.05, 0.1) is 11.3 Å². The number of rotatable bonds is 3. The van der Waals surface area contributed by atoms with Crippen molar-refractivity contribution < 1.29 is 23.8 Å². The van der Waals surface area contributed by atoms with Crippen molar-refractivity contribution in [3.63, 3.8) is 0 Å². The highest BCUT2D eigenvalue weighted by molar-refractivity contribution is 6.00. The Morgan fingerprint density at radius 3 is 2.62 bits per heavy atom. The van der Waals surface area contributed by atoms with Gasteiger partial charge in [0, 0.05) is 18.8 Å². The minimum atomic E-state index is -1.30. The molecule has 0 aliphatic carbocycles. The van der Waals surface area contributed by atoms with Crippen molar-refractivity contribution in [1.29, 1.82) is 0 Å². The molecule has 1 aromatic rings. The Balaban J connectivity index is 2.11. The average molecular weight is 296 g/mol. The number of anilines is 1. The van der Waals surface area contributed by atoms with E-state index in [1.807, 2.05) is 6.92 Å². The molecule has 1 fully saturated rings. The summed E-state index contributed by atoms with van der Waals surface area (Å²) >= 11 is 0. The van der Waals surface area contributed by atoms with Crippen LogP contribution in [0.3, 0.4) is 0 Å². The first-order valence-electron chi connectivity index (χ1n) is 6.60. The maximum Gasteiger partial charge on any atom is 0.337 e. The normalized spacial score (nSPS) is 17.0. The van der Waals surface area contributed by atoms with E-state index in [1.165, 1.54) is 12.1 Å². The van der Waals surface area contributed by atoms with Crippen molar-refractivity contribution in [2.75, 3.05) is 18.5 Å². The number of amides is 2. The number of urea groups is 1. The molecule has 114 valence electrons. The van der Waals surface area contributed by atoms with E-state index in [4.69, 9.17) is 9.84 Å². The van der Waals surface area contributed by atoms with Gasteiger partial charge in [-0.3, -0.25) is 0 Å². The smallest absolute Gasteiger partial charge is 0.337 e. The number of carbonyl (C=O) groups is 2. The van der Waals surface area contributed by atoms with Crippen LogP contribution in [0.4, 0.5) is 14.9 Å². The number of carbonyl (C=O) groups excluding carboxylic acids is 1. The number of nitrogens with one attached hydrogen (secondary N) is 2. The van der Waals surface area contributed by atoms with Crippen molar-refractivity contribution in [3.8, 4) is 0 Å². The number of halogens is 1. The molecule has 0 atom stereocenters. The molecule has 1 aliphatic rings. The Morgan fingerprint density at radius 1 is 1.33 bits per heavy atom. The van der Waals surface area contributed by atoms with Gasteiger partial charge in [0.25, 0.3) is 0 Å². The third-order valence-corrected chi connectivity index (χ3v) is 3.49. The van der Waals surface area contributed by atoms with Crippen LogP contribution in [0.1, 0.15) is 30.1 Å². The largest absolute Gasteiger partial charge is 0.478 e. The van der Waals surface area contributed by atoms with Crippen LogP contribution >= 0.6 is 0 Å². The molecule has 0 unspecified atom stereocenters. The van der Waals surface area contributed by atoms with Gasteiger partial charge in [-0.25, -0.2) is 14.0 Å². The van der Waals surface area contributed by atoms with Crippen molar-refractivity contribution in [2.24, 2.45) is 0 Å². The van der Waals surface area contributed by atoms with Crippen molar-refractivity contribution in [1.82, 2.24) is 5.32 Å². The maximum atomic E-state index is 13.7. The third kappa shape index (κ3) is 3.69. The monoisotopic (exact) mass is 296 g/mol. The fraction of sp³-hybridized carbons (Fsp3) is 0.429. The van der Waals surface area contributed by atoms with Crippen LogP contribution in [0.2, 0.25) is 0 Å². The molecule has 7 heteroatoms. The molecule has 6 nitrogen and oxygen atoms in total. The average Bonchev–Trinajstić information content (AvgIpc) is 2.41. The summed E-state index contributed by atoms with van der Waals surface area (Å²) in [5.74, 6) is -2.09. The Hall–Kier alpha value is -2.15. The van der Waals surface area contributed by atoms with Crippen LogP contribution in [0, 0.1) is 5.82 Å². The molecule has 0 saturated carbocycles. The van der Waals surface area contributed by atoms with Gasteiger partial charge in [0.15, 0.2) is 0 Å². The Kier molecular flexibility index (Phi) is 4.42. The molecule has 2 amide bonds. The number of hydrogen-bond donors (Lipinski definition) is 3. The van der Waals surface area contributed by atoms with E-state index in [0.717, 1.165) is 6.07 Å². The second-order valence-corrected chi connectivity index (χ2v) is 5.22. The second-order valence-electron chi connectivity index (χ2n) is 5.22. The summed E-state index contributed by atoms with van der Waals surface area (Å²) in [6.07, 6.45) is 1.28. The molecule has 0 radical (unpaired) electrons. The molecule has 0 bridgehead atoms. The number of ether oxygens (including phenoxy) is 1. The van der Waals surface area contributed by atoms with Crippen LogP contribution in [0.25, 0.3) is 0 Å². The molecule has 1 aliphatic heterocycles. The topological polar surface area (TPSA) is 87.7 Å². The van der Waals surface area contributed by atoms with E-state index in [1.54, 1.807) is 0 Å². The highest BCUT2D eigenvalue weighted by atomic mass is 19.1. The van der Waals surface area contributed by atoms with Crippen LogP contribution in [0.5, 0.6) is 0 Å². The maximum absolute atomic E-state index is 13.7. The van der Waals surface area contributed by atoms with Crippen LogP contribution in [-0.4, -0.2) is 35.9 Å². The summed E-state index contributed by atoms with van der Waals surface area (Å²) < 4.78 is 18.9. The van der Waals surface area contributed by atoms with E-state index in [9.17, 15) is 14.0 Å². The molecule has 3 N–H and O–H groups in total. The molecule has 0 spiro atoms. The van der Waals surface area contributed by atoms with E-state index >= 15 is 0 Å².